The van der Waals surface area contributed by atoms with E-state index in [0.29, 0.717) is 24.0 Å². The first kappa shape index (κ1) is 17.4. The van der Waals surface area contributed by atoms with Crippen molar-refractivity contribution in [3.05, 3.63) is 30.3 Å². The van der Waals surface area contributed by atoms with Crippen LogP contribution in [0, 0.1) is 11.8 Å². The van der Waals surface area contributed by atoms with Crippen LogP contribution in [0.5, 0.6) is 11.5 Å². The highest BCUT2D eigenvalue weighted by Gasteiger charge is 2.39. The molecule has 0 amide bonds. The summed E-state index contributed by atoms with van der Waals surface area (Å²) >= 11 is 0. The molecule has 1 aliphatic heterocycles. The van der Waals surface area contributed by atoms with Crippen LogP contribution in [-0.4, -0.2) is 25.8 Å². The van der Waals surface area contributed by atoms with Gasteiger partial charge in [0.2, 0.25) is 6.10 Å². The van der Waals surface area contributed by atoms with Gasteiger partial charge < -0.3 is 14.2 Å². The summed E-state index contributed by atoms with van der Waals surface area (Å²) in [6.45, 7) is 10.7. The van der Waals surface area contributed by atoms with E-state index in [9.17, 15) is 4.79 Å². The molecule has 0 fully saturated rings. The van der Waals surface area contributed by atoms with Gasteiger partial charge in [0.15, 0.2) is 11.5 Å². The van der Waals surface area contributed by atoms with Gasteiger partial charge in [0.25, 0.3) is 0 Å². The second kappa shape index (κ2) is 7.53. The largest absolute Gasteiger partial charge is 0.493 e. The van der Waals surface area contributed by atoms with E-state index in [4.69, 9.17) is 14.2 Å². The minimum atomic E-state index is -0.662. The zero-order valence-corrected chi connectivity index (χ0v) is 14.4. The van der Waals surface area contributed by atoms with Gasteiger partial charge in [-0.2, -0.15) is 0 Å². The summed E-state index contributed by atoms with van der Waals surface area (Å²) in [6, 6.07) is 5.70. The molecule has 0 N–H and O–H groups in total. The second-order valence-corrected chi connectivity index (χ2v) is 6.23. The van der Waals surface area contributed by atoms with Gasteiger partial charge in [0.1, 0.15) is 0 Å². The predicted molar refractivity (Wildman–Crippen MR) is 90.6 cm³/mol. The number of rotatable bonds is 6. The number of hydrogen-bond donors (Lipinski definition) is 0. The molecule has 0 aromatic heterocycles. The van der Waals surface area contributed by atoms with E-state index in [2.05, 4.69) is 20.4 Å². The Morgan fingerprint density at radius 1 is 1.39 bits per heavy atom. The number of carbonyl (C=O) groups is 1. The number of carbonyl (C=O) groups excluding carboxylic acids is 1. The summed E-state index contributed by atoms with van der Waals surface area (Å²) in [5.74, 6) is 1.34. The van der Waals surface area contributed by atoms with Crippen LogP contribution >= 0.6 is 0 Å². The van der Waals surface area contributed by atoms with Crippen LogP contribution < -0.4 is 9.47 Å². The van der Waals surface area contributed by atoms with Crippen LogP contribution in [0.4, 0.5) is 0 Å². The Bertz CT molecular complexity index is 577. The van der Waals surface area contributed by atoms with Gasteiger partial charge in [-0.3, -0.25) is 0 Å². The molecule has 126 valence electrons. The molecule has 23 heavy (non-hydrogen) atoms. The van der Waals surface area contributed by atoms with Gasteiger partial charge in [0.05, 0.1) is 13.7 Å². The maximum Gasteiger partial charge on any atom is 0.347 e. The van der Waals surface area contributed by atoms with Crippen LogP contribution in [-0.2, 0) is 9.53 Å². The number of ether oxygens (including phenoxy) is 3. The molecule has 2 atom stereocenters. The molecule has 2 rings (SSSR count). The number of fused-ring (bicyclic) bond motifs is 1. The van der Waals surface area contributed by atoms with Gasteiger partial charge in [-0.25, -0.2) is 4.79 Å². The van der Waals surface area contributed by atoms with Crippen molar-refractivity contribution >= 4 is 11.5 Å². The topological polar surface area (TPSA) is 44.8 Å². The second-order valence-electron chi connectivity index (χ2n) is 6.23. The fourth-order valence-electron chi connectivity index (χ4n) is 2.92. The lowest BCUT2D eigenvalue weighted by molar-refractivity contribution is -0.153. The molecule has 1 aromatic carbocycles. The van der Waals surface area contributed by atoms with Crippen LogP contribution in [0.15, 0.2) is 24.8 Å². The summed E-state index contributed by atoms with van der Waals surface area (Å²) in [5, 5.41) is 0. The molecule has 0 saturated heterocycles. The van der Waals surface area contributed by atoms with Crippen molar-refractivity contribution in [1.29, 1.82) is 0 Å². The van der Waals surface area contributed by atoms with E-state index >= 15 is 0 Å². The zero-order chi connectivity index (χ0) is 17.0. The van der Waals surface area contributed by atoms with E-state index < -0.39 is 6.10 Å². The van der Waals surface area contributed by atoms with E-state index in [1.165, 1.54) is 0 Å². The molecule has 0 bridgehead atoms. The number of benzene rings is 1. The third-order valence-electron chi connectivity index (χ3n) is 4.18. The van der Waals surface area contributed by atoms with Gasteiger partial charge in [-0.15, -0.1) is 0 Å². The van der Waals surface area contributed by atoms with Crippen molar-refractivity contribution in [2.24, 2.45) is 11.8 Å². The maximum atomic E-state index is 12.4. The molecule has 0 unspecified atom stereocenters. The minimum absolute atomic E-state index is 0.0731. The highest BCUT2D eigenvalue weighted by atomic mass is 16.6. The Hall–Kier alpha value is -1.97. The molecule has 0 spiro atoms. The van der Waals surface area contributed by atoms with Gasteiger partial charge in [-0.1, -0.05) is 39.0 Å². The van der Waals surface area contributed by atoms with Crippen molar-refractivity contribution < 1.29 is 19.0 Å². The maximum absolute atomic E-state index is 12.4. The molecule has 1 heterocycles. The highest BCUT2D eigenvalue weighted by molar-refractivity contribution is 5.84. The van der Waals surface area contributed by atoms with Crippen molar-refractivity contribution in [3.8, 4) is 11.5 Å². The smallest absolute Gasteiger partial charge is 0.347 e. The lowest BCUT2D eigenvalue weighted by atomic mass is 9.81. The zero-order valence-electron chi connectivity index (χ0n) is 14.4. The molecule has 1 aromatic rings. The normalized spacial score (nSPS) is 20.0. The number of esters is 1. The fourth-order valence-corrected chi connectivity index (χ4v) is 2.92. The quantitative estimate of drug-likeness (QED) is 0.741. The number of hydrogen-bond acceptors (Lipinski definition) is 4. The van der Waals surface area contributed by atoms with Gasteiger partial charge >= 0.3 is 5.97 Å². The van der Waals surface area contributed by atoms with Crippen LogP contribution in [0.3, 0.4) is 0 Å². The molecule has 4 nitrogen and oxygen atoms in total. The molecule has 1 aliphatic rings. The summed E-state index contributed by atoms with van der Waals surface area (Å²) in [7, 11) is 1.59. The standard InChI is InChI=1S/C19H26O4/c1-6-22-19(20)18-15(11-10-12(2)3)13(4)14-8-7-9-16(21-5)17(14)23-18/h7-9,12,15,18H,4,6,10-11H2,1-3,5H3/t15-,18+/m1/s1. The Balaban J connectivity index is 2.38. The molecule has 4 heteroatoms. The minimum Gasteiger partial charge on any atom is -0.493 e. The summed E-state index contributed by atoms with van der Waals surface area (Å²) in [5.41, 5.74) is 1.84. The first-order valence-electron chi connectivity index (χ1n) is 8.19. The lowest BCUT2D eigenvalue weighted by Crippen LogP contribution is -2.40. The Morgan fingerprint density at radius 2 is 2.13 bits per heavy atom. The average molecular weight is 318 g/mol. The summed E-state index contributed by atoms with van der Waals surface area (Å²) in [4.78, 5) is 12.4. The lowest BCUT2D eigenvalue weighted by Gasteiger charge is -2.34. The first-order chi connectivity index (χ1) is 11.0. The average Bonchev–Trinajstić information content (AvgIpc) is 2.53. The van der Waals surface area contributed by atoms with Gasteiger partial charge in [0, 0.05) is 11.5 Å². The Kier molecular flexibility index (Phi) is 5.69. The fraction of sp³-hybridized carbons (Fsp3) is 0.526. The SMILES string of the molecule is C=C1c2cccc(OC)c2O[C@H](C(=O)OCC)[C@@H]1CCC(C)C. The number of para-hydroxylation sites is 1. The molecular formula is C19H26O4. The van der Waals surface area contributed by atoms with Crippen LogP contribution in [0.25, 0.3) is 5.57 Å². The van der Waals surface area contributed by atoms with Gasteiger partial charge in [-0.05, 0) is 30.9 Å². The van der Waals surface area contributed by atoms with Crippen molar-refractivity contribution in [2.45, 2.75) is 39.7 Å². The molecule has 0 radical (unpaired) electrons. The third-order valence-corrected chi connectivity index (χ3v) is 4.18. The molecule has 0 saturated carbocycles. The van der Waals surface area contributed by atoms with Crippen LogP contribution in [0.2, 0.25) is 0 Å². The molecular weight excluding hydrogens is 292 g/mol. The van der Waals surface area contributed by atoms with Crippen molar-refractivity contribution in [3.63, 3.8) is 0 Å². The Labute approximate surface area is 138 Å². The van der Waals surface area contributed by atoms with E-state index in [1.54, 1.807) is 14.0 Å². The van der Waals surface area contributed by atoms with E-state index in [0.717, 1.165) is 24.0 Å². The Morgan fingerprint density at radius 3 is 2.74 bits per heavy atom. The molecule has 0 aliphatic carbocycles. The summed E-state index contributed by atoms with van der Waals surface area (Å²) in [6.07, 6.45) is 1.18. The first-order valence-corrected chi connectivity index (χ1v) is 8.19. The monoisotopic (exact) mass is 318 g/mol. The number of methoxy groups -OCH3 is 1. The summed E-state index contributed by atoms with van der Waals surface area (Å²) < 4.78 is 16.6. The highest BCUT2D eigenvalue weighted by Crippen LogP contribution is 2.45. The third kappa shape index (κ3) is 3.69. The predicted octanol–water partition coefficient (Wildman–Crippen LogP) is 4.08. The van der Waals surface area contributed by atoms with E-state index in [-0.39, 0.29) is 11.9 Å². The van der Waals surface area contributed by atoms with Crippen molar-refractivity contribution in [1.82, 2.24) is 0 Å². The van der Waals surface area contributed by atoms with Crippen molar-refractivity contribution in [2.75, 3.05) is 13.7 Å². The van der Waals surface area contributed by atoms with E-state index in [1.807, 2.05) is 18.2 Å². The van der Waals surface area contributed by atoms with Crippen LogP contribution in [0.1, 0.15) is 39.2 Å².